The van der Waals surface area contributed by atoms with Gasteiger partial charge in [-0.3, -0.25) is 14.9 Å². The zero-order valence-electron chi connectivity index (χ0n) is 11.5. The van der Waals surface area contributed by atoms with Crippen LogP contribution in [0.5, 0.6) is 11.5 Å². The molecule has 0 saturated heterocycles. The molecule has 3 aromatic rings. The second-order valence-electron chi connectivity index (χ2n) is 4.80. The van der Waals surface area contributed by atoms with Crippen molar-refractivity contribution in [3.8, 4) is 11.5 Å². The van der Waals surface area contributed by atoms with Crippen LogP contribution in [-0.2, 0) is 0 Å². The van der Waals surface area contributed by atoms with Crippen LogP contribution >= 0.6 is 0 Å². The summed E-state index contributed by atoms with van der Waals surface area (Å²) in [6.45, 7) is 0. The number of furan rings is 1. The summed E-state index contributed by atoms with van der Waals surface area (Å²) in [7, 11) is 0. The van der Waals surface area contributed by atoms with Crippen LogP contribution in [0.2, 0.25) is 0 Å². The highest BCUT2D eigenvalue weighted by Gasteiger charge is 2.43. The van der Waals surface area contributed by atoms with Crippen LogP contribution in [0.1, 0.15) is 20.9 Å². The molecule has 3 heterocycles. The average molecular weight is 336 g/mol. The van der Waals surface area contributed by atoms with Crippen molar-refractivity contribution in [1.82, 2.24) is 5.16 Å². The molecule has 0 radical (unpaired) electrons. The number of rotatable bonds is 3. The Hall–Kier alpha value is -3.43. The van der Waals surface area contributed by atoms with Crippen molar-refractivity contribution in [2.24, 2.45) is 0 Å². The molecule has 0 unspecified atom stereocenters. The number of carbonyl (C=O) groups is 2. The number of halogens is 2. The van der Waals surface area contributed by atoms with E-state index in [4.69, 9.17) is 8.94 Å². The van der Waals surface area contributed by atoms with Gasteiger partial charge in [-0.05, 0) is 12.1 Å². The van der Waals surface area contributed by atoms with Crippen molar-refractivity contribution in [3.05, 3.63) is 35.7 Å². The van der Waals surface area contributed by atoms with E-state index in [1.54, 1.807) is 0 Å². The number of alkyl halides is 2. The van der Waals surface area contributed by atoms with Crippen molar-refractivity contribution >= 4 is 29.0 Å². The van der Waals surface area contributed by atoms with Crippen LogP contribution in [0.4, 0.5) is 14.7 Å². The Bertz CT molecular complexity index is 932. The highest BCUT2D eigenvalue weighted by Crippen LogP contribution is 2.43. The van der Waals surface area contributed by atoms with Crippen LogP contribution in [0.15, 0.2) is 33.3 Å². The first-order valence-corrected chi connectivity index (χ1v) is 6.50. The molecule has 0 bridgehead atoms. The maximum atomic E-state index is 13.0. The van der Waals surface area contributed by atoms with Gasteiger partial charge in [0.05, 0.1) is 11.8 Å². The molecule has 1 amide bonds. The monoisotopic (exact) mass is 336 g/mol. The number of aldehydes is 1. The van der Waals surface area contributed by atoms with E-state index in [2.05, 4.69) is 19.9 Å². The van der Waals surface area contributed by atoms with E-state index in [1.807, 2.05) is 0 Å². The molecule has 122 valence electrons. The van der Waals surface area contributed by atoms with E-state index in [0.717, 1.165) is 6.20 Å². The minimum atomic E-state index is -3.74. The molecule has 0 saturated carbocycles. The Labute approximate surface area is 130 Å². The minimum Gasteiger partial charge on any atom is -0.451 e. The molecule has 8 nitrogen and oxygen atoms in total. The van der Waals surface area contributed by atoms with Gasteiger partial charge in [0.2, 0.25) is 5.88 Å². The molecule has 10 heteroatoms. The number of aromatic nitrogens is 1. The maximum absolute atomic E-state index is 13.0. The number of fused-ring (bicyclic) bond motifs is 2. The van der Waals surface area contributed by atoms with Crippen molar-refractivity contribution in [2.75, 3.05) is 5.32 Å². The number of nitrogens with zero attached hydrogens (tertiary/aromatic N) is 1. The van der Waals surface area contributed by atoms with Gasteiger partial charge in [-0.2, -0.15) is 0 Å². The fraction of sp³-hybridized carbons (Fsp3) is 0.0714. The fourth-order valence-corrected chi connectivity index (χ4v) is 2.19. The highest BCUT2D eigenvalue weighted by molar-refractivity contribution is 6.05. The molecule has 0 atom stereocenters. The summed E-state index contributed by atoms with van der Waals surface area (Å²) >= 11 is 0. The van der Waals surface area contributed by atoms with Crippen LogP contribution in [0.25, 0.3) is 11.0 Å². The van der Waals surface area contributed by atoms with Crippen molar-refractivity contribution in [1.29, 1.82) is 0 Å². The number of ether oxygens (including phenoxy) is 2. The number of hydrogen-bond acceptors (Lipinski definition) is 7. The summed E-state index contributed by atoms with van der Waals surface area (Å²) in [4.78, 5) is 22.9. The molecule has 2 aromatic heterocycles. The zero-order valence-corrected chi connectivity index (χ0v) is 11.5. The quantitative estimate of drug-likeness (QED) is 0.733. The Morgan fingerprint density at radius 2 is 1.96 bits per heavy atom. The largest absolute Gasteiger partial charge is 0.586 e. The standard InChI is InChI=1S/C14H6F2N2O6/c15-14(16)22-9-1-6-2-11(21-8(6)3-10(9)23-14)12(20)18-13-7(5-19)4-17-24-13/h1-5H,(H,18,20). The van der Waals surface area contributed by atoms with Gasteiger partial charge in [-0.1, -0.05) is 5.16 Å². The molecule has 1 aromatic carbocycles. The van der Waals surface area contributed by atoms with Crippen molar-refractivity contribution in [3.63, 3.8) is 0 Å². The number of benzene rings is 1. The van der Waals surface area contributed by atoms with E-state index < -0.39 is 12.2 Å². The Morgan fingerprint density at radius 3 is 2.71 bits per heavy atom. The van der Waals surface area contributed by atoms with E-state index in [0.29, 0.717) is 11.7 Å². The van der Waals surface area contributed by atoms with Crippen LogP contribution in [0, 0.1) is 0 Å². The van der Waals surface area contributed by atoms with Crippen molar-refractivity contribution < 1.29 is 36.8 Å². The van der Waals surface area contributed by atoms with Crippen LogP contribution in [0.3, 0.4) is 0 Å². The molecular weight excluding hydrogens is 330 g/mol. The molecular formula is C14H6F2N2O6. The van der Waals surface area contributed by atoms with Crippen LogP contribution in [-0.4, -0.2) is 23.6 Å². The molecule has 0 spiro atoms. The zero-order chi connectivity index (χ0) is 16.9. The van der Waals surface area contributed by atoms with Gasteiger partial charge >= 0.3 is 6.29 Å². The van der Waals surface area contributed by atoms with Gasteiger partial charge in [0.1, 0.15) is 5.58 Å². The molecule has 24 heavy (non-hydrogen) atoms. The summed E-state index contributed by atoms with van der Waals surface area (Å²) in [5, 5.41) is 6.05. The van der Waals surface area contributed by atoms with Crippen molar-refractivity contribution in [2.45, 2.75) is 6.29 Å². The predicted molar refractivity (Wildman–Crippen MR) is 72.3 cm³/mol. The number of nitrogens with one attached hydrogen (secondary N) is 1. The number of hydrogen-bond donors (Lipinski definition) is 1. The average Bonchev–Trinajstić information content (AvgIpc) is 3.18. The summed E-state index contributed by atoms with van der Waals surface area (Å²) in [6, 6.07) is 3.77. The van der Waals surface area contributed by atoms with E-state index >= 15 is 0 Å². The Balaban J connectivity index is 1.64. The van der Waals surface area contributed by atoms with Gasteiger partial charge < -0.3 is 18.4 Å². The topological polar surface area (TPSA) is 104 Å². The summed E-state index contributed by atoms with van der Waals surface area (Å²) in [6.07, 6.45) is -2.14. The smallest absolute Gasteiger partial charge is 0.451 e. The third-order valence-electron chi connectivity index (χ3n) is 3.22. The number of anilines is 1. The van der Waals surface area contributed by atoms with E-state index in [9.17, 15) is 18.4 Å². The number of amides is 1. The summed E-state index contributed by atoms with van der Waals surface area (Å²) in [5.74, 6) is -1.35. The second kappa shape index (κ2) is 4.78. The van der Waals surface area contributed by atoms with Gasteiger partial charge in [-0.15, -0.1) is 8.78 Å². The van der Waals surface area contributed by atoms with Gasteiger partial charge in [0, 0.05) is 11.5 Å². The third kappa shape index (κ3) is 2.24. The summed E-state index contributed by atoms with van der Waals surface area (Å²) in [5.41, 5.74) is 0.204. The SMILES string of the molecule is O=Cc1cnoc1NC(=O)c1cc2cc3c(cc2o1)OC(F)(F)O3. The minimum absolute atomic E-state index is 0.0578. The molecule has 0 aliphatic carbocycles. The van der Waals surface area contributed by atoms with E-state index in [-0.39, 0.29) is 34.3 Å². The van der Waals surface area contributed by atoms with Gasteiger partial charge in [0.25, 0.3) is 5.91 Å². The lowest BCUT2D eigenvalue weighted by atomic mass is 10.2. The normalized spacial score (nSPS) is 14.8. The van der Waals surface area contributed by atoms with E-state index in [1.165, 1.54) is 18.2 Å². The summed E-state index contributed by atoms with van der Waals surface area (Å²) < 4.78 is 44.7. The first kappa shape index (κ1) is 14.2. The third-order valence-corrected chi connectivity index (χ3v) is 3.22. The van der Waals surface area contributed by atoms with Gasteiger partial charge in [-0.25, -0.2) is 0 Å². The fourth-order valence-electron chi connectivity index (χ4n) is 2.19. The Kier molecular flexibility index (Phi) is 2.82. The molecule has 1 aliphatic heterocycles. The Morgan fingerprint density at radius 1 is 1.21 bits per heavy atom. The molecule has 0 fully saturated rings. The van der Waals surface area contributed by atoms with Crippen LogP contribution < -0.4 is 14.8 Å². The lowest BCUT2D eigenvalue weighted by Gasteiger charge is -2.04. The maximum Gasteiger partial charge on any atom is 0.586 e. The molecule has 1 N–H and O–H groups in total. The first-order chi connectivity index (χ1) is 11.4. The molecule has 1 aliphatic rings. The number of carbonyl (C=O) groups excluding carboxylic acids is 2. The first-order valence-electron chi connectivity index (χ1n) is 6.50. The highest BCUT2D eigenvalue weighted by atomic mass is 19.3. The predicted octanol–water partition coefficient (Wildman–Crippen LogP) is 2.81. The molecule has 4 rings (SSSR count). The lowest BCUT2D eigenvalue weighted by Crippen LogP contribution is -2.25. The second-order valence-corrected chi connectivity index (χ2v) is 4.80. The lowest BCUT2D eigenvalue weighted by molar-refractivity contribution is -0.286. The van der Waals surface area contributed by atoms with Gasteiger partial charge in [0.15, 0.2) is 23.5 Å².